The van der Waals surface area contributed by atoms with Gasteiger partial charge < -0.3 is 14.2 Å². The topological polar surface area (TPSA) is 70.8 Å². The SMILES string of the molecule is CC1(C)OCC(COc2ccc([N+](=O)[O-])cc2F)O1. The van der Waals surface area contributed by atoms with Crippen molar-refractivity contribution in [1.82, 2.24) is 0 Å². The van der Waals surface area contributed by atoms with Crippen LogP contribution in [0.4, 0.5) is 10.1 Å². The third-order valence-electron chi connectivity index (χ3n) is 2.62. The number of hydrogen-bond acceptors (Lipinski definition) is 5. The van der Waals surface area contributed by atoms with Gasteiger partial charge >= 0.3 is 0 Å². The van der Waals surface area contributed by atoms with E-state index < -0.39 is 16.5 Å². The Hall–Kier alpha value is -1.73. The Morgan fingerprint density at radius 1 is 1.58 bits per heavy atom. The van der Waals surface area contributed by atoms with Gasteiger partial charge in [-0.3, -0.25) is 10.1 Å². The standard InChI is InChI=1S/C12H14FNO5/c1-12(2)18-7-9(19-12)6-17-11-4-3-8(14(15)16)5-10(11)13/h3-5,9H,6-7H2,1-2H3. The lowest BCUT2D eigenvalue weighted by molar-refractivity contribution is -0.385. The molecule has 1 atom stereocenters. The lowest BCUT2D eigenvalue weighted by Gasteiger charge is -2.17. The molecule has 6 nitrogen and oxygen atoms in total. The molecule has 0 amide bonds. The molecule has 0 radical (unpaired) electrons. The first-order valence-electron chi connectivity index (χ1n) is 5.76. The Morgan fingerprint density at radius 2 is 2.32 bits per heavy atom. The maximum absolute atomic E-state index is 13.5. The first-order chi connectivity index (χ1) is 8.87. The Kier molecular flexibility index (Phi) is 3.68. The van der Waals surface area contributed by atoms with Crippen LogP contribution in [0.15, 0.2) is 18.2 Å². The molecule has 1 heterocycles. The molecule has 1 aromatic rings. The lowest BCUT2D eigenvalue weighted by Crippen LogP contribution is -2.25. The van der Waals surface area contributed by atoms with Crippen LogP contribution < -0.4 is 4.74 Å². The molecule has 0 bridgehead atoms. The number of hydrogen-bond donors (Lipinski definition) is 0. The van der Waals surface area contributed by atoms with Crippen LogP contribution in [0.5, 0.6) is 5.75 Å². The first-order valence-corrected chi connectivity index (χ1v) is 5.76. The highest BCUT2D eigenvalue weighted by Gasteiger charge is 2.33. The summed E-state index contributed by atoms with van der Waals surface area (Å²) in [7, 11) is 0. The van der Waals surface area contributed by atoms with Crippen LogP contribution in [0.1, 0.15) is 13.8 Å². The van der Waals surface area contributed by atoms with E-state index in [9.17, 15) is 14.5 Å². The molecule has 1 saturated heterocycles. The number of ether oxygens (including phenoxy) is 3. The number of rotatable bonds is 4. The zero-order valence-corrected chi connectivity index (χ0v) is 10.6. The zero-order chi connectivity index (χ0) is 14.0. The number of nitrogens with zero attached hydrogens (tertiary/aromatic N) is 1. The molecule has 1 aliphatic heterocycles. The summed E-state index contributed by atoms with van der Waals surface area (Å²) in [6, 6.07) is 3.24. The van der Waals surface area contributed by atoms with Crippen molar-refractivity contribution >= 4 is 5.69 Å². The predicted molar refractivity (Wildman–Crippen MR) is 63.5 cm³/mol. The van der Waals surface area contributed by atoms with Crippen molar-refractivity contribution in [2.24, 2.45) is 0 Å². The fourth-order valence-corrected chi connectivity index (χ4v) is 1.75. The summed E-state index contributed by atoms with van der Waals surface area (Å²) < 4.78 is 29.6. The molecule has 1 fully saturated rings. The predicted octanol–water partition coefficient (Wildman–Crippen LogP) is 2.26. The normalized spacial score (nSPS) is 21.3. The first kappa shape index (κ1) is 13.7. The lowest BCUT2D eigenvalue weighted by atomic mass is 10.3. The van der Waals surface area contributed by atoms with Crippen LogP contribution in [0.25, 0.3) is 0 Å². The minimum Gasteiger partial charge on any atom is -0.488 e. The molecule has 0 aliphatic carbocycles. The van der Waals surface area contributed by atoms with E-state index in [2.05, 4.69) is 0 Å². The molecule has 2 rings (SSSR count). The van der Waals surface area contributed by atoms with E-state index in [1.807, 2.05) is 0 Å². The summed E-state index contributed by atoms with van der Waals surface area (Å²) in [6.45, 7) is 4.04. The van der Waals surface area contributed by atoms with Crippen LogP contribution in [0.2, 0.25) is 0 Å². The summed E-state index contributed by atoms with van der Waals surface area (Å²) >= 11 is 0. The minimum absolute atomic E-state index is 0.0427. The third-order valence-corrected chi connectivity index (χ3v) is 2.62. The quantitative estimate of drug-likeness (QED) is 0.620. The number of nitro benzene ring substituents is 1. The van der Waals surface area contributed by atoms with Crippen LogP contribution in [0.3, 0.4) is 0 Å². The van der Waals surface area contributed by atoms with Crippen LogP contribution >= 0.6 is 0 Å². The van der Waals surface area contributed by atoms with Gasteiger partial charge in [0.2, 0.25) is 0 Å². The van der Waals surface area contributed by atoms with Gasteiger partial charge in [-0.25, -0.2) is 4.39 Å². The zero-order valence-electron chi connectivity index (χ0n) is 10.6. The van der Waals surface area contributed by atoms with Crippen molar-refractivity contribution < 1.29 is 23.5 Å². The van der Waals surface area contributed by atoms with Gasteiger partial charge in [0.25, 0.3) is 5.69 Å². The van der Waals surface area contributed by atoms with Crippen LogP contribution in [0, 0.1) is 15.9 Å². The number of non-ortho nitro benzene ring substituents is 1. The molecular formula is C12H14FNO5. The van der Waals surface area contributed by atoms with Gasteiger partial charge in [-0.1, -0.05) is 0 Å². The Bertz CT molecular complexity index is 491. The molecule has 0 saturated carbocycles. The van der Waals surface area contributed by atoms with Gasteiger partial charge in [-0.15, -0.1) is 0 Å². The average molecular weight is 271 g/mol. The average Bonchev–Trinajstić information content (AvgIpc) is 2.67. The van der Waals surface area contributed by atoms with Gasteiger partial charge in [-0.2, -0.15) is 0 Å². The fourth-order valence-electron chi connectivity index (χ4n) is 1.75. The summed E-state index contributed by atoms with van der Waals surface area (Å²) in [5.74, 6) is -1.48. The maximum Gasteiger partial charge on any atom is 0.272 e. The van der Waals surface area contributed by atoms with E-state index in [1.165, 1.54) is 12.1 Å². The van der Waals surface area contributed by atoms with E-state index in [0.29, 0.717) is 6.61 Å². The van der Waals surface area contributed by atoms with E-state index in [0.717, 1.165) is 6.07 Å². The Labute approximate surface area is 109 Å². The number of benzene rings is 1. The van der Waals surface area contributed by atoms with E-state index in [4.69, 9.17) is 14.2 Å². The van der Waals surface area contributed by atoms with Gasteiger partial charge in [-0.05, 0) is 19.9 Å². The largest absolute Gasteiger partial charge is 0.488 e. The summed E-state index contributed by atoms with van der Waals surface area (Å²) in [5.41, 5.74) is -0.313. The Morgan fingerprint density at radius 3 is 2.84 bits per heavy atom. The van der Waals surface area contributed by atoms with E-state index in [-0.39, 0.29) is 24.1 Å². The smallest absolute Gasteiger partial charge is 0.272 e. The van der Waals surface area contributed by atoms with Crippen LogP contribution in [-0.4, -0.2) is 30.0 Å². The van der Waals surface area contributed by atoms with Crippen molar-refractivity contribution in [2.75, 3.05) is 13.2 Å². The monoisotopic (exact) mass is 271 g/mol. The second-order valence-corrected chi connectivity index (χ2v) is 4.63. The molecular weight excluding hydrogens is 257 g/mol. The van der Waals surface area contributed by atoms with Crippen LogP contribution in [-0.2, 0) is 9.47 Å². The number of halogens is 1. The summed E-state index contributed by atoms with van der Waals surface area (Å²) in [6.07, 6.45) is -0.287. The van der Waals surface area contributed by atoms with Crippen molar-refractivity contribution in [2.45, 2.75) is 25.7 Å². The maximum atomic E-state index is 13.5. The highest BCUT2D eigenvalue weighted by Crippen LogP contribution is 2.25. The minimum atomic E-state index is -0.771. The molecule has 1 aromatic carbocycles. The summed E-state index contributed by atoms with van der Waals surface area (Å²) in [4.78, 5) is 9.80. The Balaban J connectivity index is 1.95. The van der Waals surface area contributed by atoms with Gasteiger partial charge in [0.1, 0.15) is 12.7 Å². The molecule has 19 heavy (non-hydrogen) atoms. The molecule has 0 spiro atoms. The second kappa shape index (κ2) is 5.10. The molecule has 1 aliphatic rings. The molecule has 0 N–H and O–H groups in total. The fraction of sp³-hybridized carbons (Fsp3) is 0.500. The van der Waals surface area contributed by atoms with Crippen molar-refractivity contribution in [3.63, 3.8) is 0 Å². The van der Waals surface area contributed by atoms with Crippen molar-refractivity contribution in [3.05, 3.63) is 34.1 Å². The van der Waals surface area contributed by atoms with E-state index in [1.54, 1.807) is 13.8 Å². The summed E-state index contributed by atoms with van der Waals surface area (Å²) in [5, 5.41) is 10.5. The van der Waals surface area contributed by atoms with Gasteiger partial charge in [0.05, 0.1) is 17.6 Å². The molecule has 7 heteroatoms. The van der Waals surface area contributed by atoms with Crippen molar-refractivity contribution in [3.8, 4) is 5.75 Å². The molecule has 1 unspecified atom stereocenters. The number of nitro groups is 1. The molecule has 104 valence electrons. The van der Waals surface area contributed by atoms with E-state index >= 15 is 0 Å². The highest BCUT2D eigenvalue weighted by atomic mass is 19.1. The van der Waals surface area contributed by atoms with Gasteiger partial charge in [0, 0.05) is 6.07 Å². The molecule has 0 aromatic heterocycles. The third kappa shape index (κ3) is 3.39. The highest BCUT2D eigenvalue weighted by molar-refractivity contribution is 5.37. The second-order valence-electron chi connectivity index (χ2n) is 4.63. The van der Waals surface area contributed by atoms with Crippen molar-refractivity contribution in [1.29, 1.82) is 0 Å². The van der Waals surface area contributed by atoms with Gasteiger partial charge in [0.15, 0.2) is 17.4 Å².